The molecule has 1 fully saturated rings. The van der Waals surface area contributed by atoms with Crippen LogP contribution in [-0.2, 0) is 19.1 Å². The number of esters is 1. The Morgan fingerprint density at radius 3 is 2.53 bits per heavy atom. The molecule has 13 nitrogen and oxygen atoms in total. The molecule has 0 spiro atoms. The van der Waals surface area contributed by atoms with Gasteiger partial charge in [-0.05, 0) is 25.1 Å². The van der Waals surface area contributed by atoms with E-state index >= 15 is 0 Å². The number of rotatable bonds is 9. The van der Waals surface area contributed by atoms with Crippen LogP contribution in [0.3, 0.4) is 0 Å². The first-order valence-corrected chi connectivity index (χ1v) is 11.3. The van der Waals surface area contributed by atoms with Gasteiger partial charge >= 0.3 is 12.1 Å². The van der Waals surface area contributed by atoms with E-state index in [4.69, 9.17) is 9.47 Å². The van der Waals surface area contributed by atoms with Gasteiger partial charge < -0.3 is 24.5 Å². The highest BCUT2D eigenvalue weighted by Gasteiger charge is 2.32. The molecule has 1 saturated heterocycles. The number of piperazine rings is 1. The van der Waals surface area contributed by atoms with Crippen molar-refractivity contribution in [3.05, 3.63) is 46.1 Å². The molecular formula is C23H27N5O8. The predicted octanol–water partition coefficient (Wildman–Crippen LogP) is 1.35. The summed E-state index contributed by atoms with van der Waals surface area (Å²) in [6.45, 7) is 3.33. The second kappa shape index (κ2) is 12.0. The zero-order valence-electron chi connectivity index (χ0n) is 19.9. The lowest BCUT2D eigenvalue weighted by Crippen LogP contribution is -2.57. The molecule has 1 aliphatic rings. The largest absolute Gasteiger partial charge is 0.468 e. The standard InChI is InChI=1S/C23H27N5O8/c1-3-36-23(32)27-11-9-26(10-12-27)20(13-15(14-29)22(31)35-2)25-21(30)18-8-7-16-17(24-18)5-4-6-19(16)28(33)34/h4-8,14-15,20H,3,9-13H2,1-2H3,(H,25,30). The molecule has 36 heavy (non-hydrogen) atoms. The number of nitro benzene ring substituents is 1. The first-order valence-electron chi connectivity index (χ1n) is 11.3. The minimum absolute atomic E-state index is 0.0129. The highest BCUT2D eigenvalue weighted by Crippen LogP contribution is 2.24. The molecule has 3 rings (SSSR count). The second-order valence-electron chi connectivity index (χ2n) is 8.01. The van der Waals surface area contributed by atoms with Crippen molar-refractivity contribution in [2.24, 2.45) is 5.92 Å². The van der Waals surface area contributed by atoms with E-state index in [9.17, 15) is 29.3 Å². The van der Waals surface area contributed by atoms with Gasteiger partial charge in [-0.25, -0.2) is 9.78 Å². The lowest BCUT2D eigenvalue weighted by atomic mass is 10.0. The van der Waals surface area contributed by atoms with Gasteiger partial charge in [-0.3, -0.25) is 24.6 Å². The van der Waals surface area contributed by atoms with Gasteiger partial charge in [0.15, 0.2) is 0 Å². The summed E-state index contributed by atoms with van der Waals surface area (Å²) >= 11 is 0. The fourth-order valence-electron chi connectivity index (χ4n) is 3.98. The number of fused-ring (bicyclic) bond motifs is 1. The van der Waals surface area contributed by atoms with E-state index in [-0.39, 0.29) is 35.3 Å². The highest BCUT2D eigenvalue weighted by atomic mass is 16.6. The van der Waals surface area contributed by atoms with E-state index in [0.717, 1.165) is 0 Å². The zero-order chi connectivity index (χ0) is 26.2. The maximum absolute atomic E-state index is 13.1. The third-order valence-electron chi connectivity index (χ3n) is 5.86. The van der Waals surface area contributed by atoms with E-state index in [2.05, 4.69) is 10.3 Å². The van der Waals surface area contributed by atoms with Crippen LogP contribution in [0.5, 0.6) is 0 Å². The van der Waals surface area contributed by atoms with Crippen LogP contribution in [0.1, 0.15) is 23.8 Å². The van der Waals surface area contributed by atoms with Crippen molar-refractivity contribution < 1.29 is 33.6 Å². The fourth-order valence-corrected chi connectivity index (χ4v) is 3.98. The molecular weight excluding hydrogens is 474 g/mol. The Hall–Kier alpha value is -4.13. The number of non-ortho nitro benzene ring substituents is 1. The van der Waals surface area contributed by atoms with E-state index in [1.165, 1.54) is 36.3 Å². The van der Waals surface area contributed by atoms with Gasteiger partial charge in [0.2, 0.25) is 0 Å². The molecule has 1 aromatic heterocycles. The lowest BCUT2D eigenvalue weighted by molar-refractivity contribution is -0.383. The number of hydrogen-bond acceptors (Lipinski definition) is 10. The summed E-state index contributed by atoms with van der Waals surface area (Å²) in [7, 11) is 1.17. The highest BCUT2D eigenvalue weighted by molar-refractivity contribution is 5.97. The number of pyridine rings is 1. The van der Waals surface area contributed by atoms with E-state index in [0.29, 0.717) is 32.5 Å². The Kier molecular flexibility index (Phi) is 8.84. The van der Waals surface area contributed by atoms with Crippen LogP contribution in [0.4, 0.5) is 10.5 Å². The van der Waals surface area contributed by atoms with Crippen molar-refractivity contribution in [3.63, 3.8) is 0 Å². The third-order valence-corrected chi connectivity index (χ3v) is 5.86. The number of aromatic nitrogens is 1. The number of hydrogen-bond donors (Lipinski definition) is 1. The summed E-state index contributed by atoms with van der Waals surface area (Å²) in [4.78, 5) is 67.1. The Balaban J connectivity index is 1.81. The van der Waals surface area contributed by atoms with Crippen molar-refractivity contribution in [2.75, 3.05) is 39.9 Å². The van der Waals surface area contributed by atoms with E-state index in [1.54, 1.807) is 13.0 Å². The molecule has 2 heterocycles. The molecule has 2 amide bonds. The van der Waals surface area contributed by atoms with Crippen molar-refractivity contribution in [2.45, 2.75) is 19.5 Å². The van der Waals surface area contributed by atoms with Gasteiger partial charge in [0.25, 0.3) is 11.6 Å². The molecule has 0 saturated carbocycles. The number of carbonyl (C=O) groups excluding carboxylic acids is 4. The van der Waals surface area contributed by atoms with Gasteiger partial charge in [0, 0.05) is 38.7 Å². The number of aldehydes is 1. The topological polar surface area (TPSA) is 161 Å². The molecule has 2 atom stereocenters. The number of nitrogens with one attached hydrogen (secondary N) is 1. The SMILES string of the molecule is CCOC(=O)N1CCN(C(CC(C=O)C(=O)OC)NC(=O)c2ccc3c([N+](=O)[O-])cccc3n2)CC1. The maximum Gasteiger partial charge on any atom is 0.409 e. The minimum atomic E-state index is -1.12. The zero-order valence-corrected chi connectivity index (χ0v) is 19.9. The number of nitrogens with zero attached hydrogens (tertiary/aromatic N) is 4. The normalized spacial score (nSPS) is 15.6. The summed E-state index contributed by atoms with van der Waals surface area (Å²) in [6, 6.07) is 7.21. The Morgan fingerprint density at radius 1 is 1.19 bits per heavy atom. The molecule has 2 aromatic rings. The van der Waals surface area contributed by atoms with Crippen LogP contribution in [0.15, 0.2) is 30.3 Å². The summed E-state index contributed by atoms with van der Waals surface area (Å²) in [5.41, 5.74) is 0.159. The Bertz CT molecular complexity index is 1150. The van der Waals surface area contributed by atoms with Crippen LogP contribution in [-0.4, -0.2) is 90.0 Å². The van der Waals surface area contributed by atoms with Crippen molar-refractivity contribution in [3.8, 4) is 0 Å². The van der Waals surface area contributed by atoms with Gasteiger partial charge in [-0.2, -0.15) is 0 Å². The van der Waals surface area contributed by atoms with E-state index in [1.807, 2.05) is 4.90 Å². The average Bonchev–Trinajstić information content (AvgIpc) is 2.89. The molecule has 0 aliphatic carbocycles. The quantitative estimate of drug-likeness (QED) is 0.175. The number of carbonyl (C=O) groups is 4. The van der Waals surface area contributed by atoms with Crippen LogP contribution in [0.2, 0.25) is 0 Å². The first kappa shape index (κ1) is 26.5. The molecule has 2 unspecified atom stereocenters. The number of nitro groups is 1. The Labute approximate surface area is 206 Å². The average molecular weight is 501 g/mol. The van der Waals surface area contributed by atoms with Crippen LogP contribution >= 0.6 is 0 Å². The van der Waals surface area contributed by atoms with E-state index < -0.39 is 35.0 Å². The molecule has 192 valence electrons. The number of amides is 2. The van der Waals surface area contributed by atoms with Crippen molar-refractivity contribution in [1.82, 2.24) is 20.1 Å². The lowest BCUT2D eigenvalue weighted by Gasteiger charge is -2.39. The van der Waals surface area contributed by atoms with Gasteiger partial charge in [0.1, 0.15) is 17.9 Å². The molecule has 1 N–H and O–H groups in total. The van der Waals surface area contributed by atoms with Gasteiger partial charge in [0.05, 0.1) is 35.7 Å². The summed E-state index contributed by atoms with van der Waals surface area (Å²) in [5, 5.41) is 14.4. The molecule has 0 bridgehead atoms. The fraction of sp³-hybridized carbons (Fsp3) is 0.435. The number of benzene rings is 1. The van der Waals surface area contributed by atoms with Crippen LogP contribution < -0.4 is 5.32 Å². The van der Waals surface area contributed by atoms with Crippen LogP contribution in [0, 0.1) is 16.0 Å². The third kappa shape index (κ3) is 6.10. The number of ether oxygens (including phenoxy) is 2. The van der Waals surface area contributed by atoms with Crippen molar-refractivity contribution >= 4 is 40.8 Å². The molecule has 1 aliphatic heterocycles. The minimum Gasteiger partial charge on any atom is -0.468 e. The van der Waals surface area contributed by atoms with Gasteiger partial charge in [-0.1, -0.05) is 6.07 Å². The predicted molar refractivity (Wildman–Crippen MR) is 126 cm³/mol. The summed E-state index contributed by atoms with van der Waals surface area (Å²) in [5.74, 6) is -2.43. The van der Waals surface area contributed by atoms with Crippen LogP contribution in [0.25, 0.3) is 10.9 Å². The summed E-state index contributed by atoms with van der Waals surface area (Å²) < 4.78 is 9.72. The number of methoxy groups -OCH3 is 1. The summed E-state index contributed by atoms with van der Waals surface area (Å²) in [6.07, 6.45) is -0.778. The monoisotopic (exact) mass is 501 g/mol. The Morgan fingerprint density at radius 2 is 1.92 bits per heavy atom. The maximum atomic E-state index is 13.1. The van der Waals surface area contributed by atoms with Crippen molar-refractivity contribution in [1.29, 1.82) is 0 Å². The molecule has 1 aromatic carbocycles. The molecule has 0 radical (unpaired) electrons. The first-order chi connectivity index (χ1) is 17.3. The smallest absolute Gasteiger partial charge is 0.409 e. The van der Waals surface area contributed by atoms with Gasteiger partial charge in [-0.15, -0.1) is 0 Å². The second-order valence-corrected chi connectivity index (χ2v) is 8.01. The molecule has 13 heteroatoms.